The molecule has 0 atom stereocenters. The van der Waals surface area contributed by atoms with Crippen LogP contribution in [0, 0.1) is 6.92 Å². The average molecular weight is 388 g/mol. The van der Waals surface area contributed by atoms with Crippen molar-refractivity contribution in [1.82, 2.24) is 9.97 Å². The number of hydrogen-bond acceptors (Lipinski definition) is 5. The number of thiophene rings is 1. The van der Waals surface area contributed by atoms with Crippen molar-refractivity contribution in [1.29, 1.82) is 0 Å². The summed E-state index contributed by atoms with van der Waals surface area (Å²) in [6.07, 6.45) is 0.675. The van der Waals surface area contributed by atoms with Crippen molar-refractivity contribution in [2.45, 2.75) is 20.3 Å². The lowest BCUT2D eigenvalue weighted by molar-refractivity contribution is -0.114. The zero-order valence-corrected chi connectivity index (χ0v) is 16.5. The van der Waals surface area contributed by atoms with Gasteiger partial charge in [0.15, 0.2) is 0 Å². The fourth-order valence-electron chi connectivity index (χ4n) is 3.05. The van der Waals surface area contributed by atoms with E-state index in [1.54, 1.807) is 11.3 Å². The SMILES string of the molecule is CC(=O)Nc1cccc(Nc2nc(Cc3ccccc3)nc3sc(C)cc23)c1. The van der Waals surface area contributed by atoms with Crippen molar-refractivity contribution in [2.75, 3.05) is 10.6 Å². The van der Waals surface area contributed by atoms with Crippen molar-refractivity contribution in [3.05, 3.63) is 76.9 Å². The van der Waals surface area contributed by atoms with Gasteiger partial charge in [-0.05, 0) is 36.8 Å². The van der Waals surface area contributed by atoms with Crippen LogP contribution >= 0.6 is 11.3 Å². The van der Waals surface area contributed by atoms with Crippen LogP contribution in [0.15, 0.2) is 60.7 Å². The maximum Gasteiger partial charge on any atom is 0.221 e. The first-order valence-electron chi connectivity index (χ1n) is 9.02. The molecule has 2 aromatic carbocycles. The Morgan fingerprint density at radius 2 is 1.79 bits per heavy atom. The summed E-state index contributed by atoms with van der Waals surface area (Å²) in [4.78, 5) is 23.0. The minimum Gasteiger partial charge on any atom is -0.340 e. The zero-order chi connectivity index (χ0) is 19.5. The Morgan fingerprint density at radius 3 is 2.57 bits per heavy atom. The van der Waals surface area contributed by atoms with Gasteiger partial charge in [-0.3, -0.25) is 4.79 Å². The van der Waals surface area contributed by atoms with E-state index in [1.165, 1.54) is 17.4 Å². The molecule has 0 aliphatic rings. The highest BCUT2D eigenvalue weighted by Crippen LogP contribution is 2.31. The van der Waals surface area contributed by atoms with Gasteiger partial charge in [0.05, 0.1) is 5.39 Å². The molecule has 6 heteroatoms. The molecule has 0 radical (unpaired) electrons. The van der Waals surface area contributed by atoms with Crippen LogP contribution in [0.25, 0.3) is 10.2 Å². The van der Waals surface area contributed by atoms with Gasteiger partial charge < -0.3 is 10.6 Å². The van der Waals surface area contributed by atoms with E-state index in [4.69, 9.17) is 9.97 Å². The van der Waals surface area contributed by atoms with Crippen LogP contribution in [0.4, 0.5) is 17.2 Å². The molecule has 28 heavy (non-hydrogen) atoms. The van der Waals surface area contributed by atoms with E-state index in [1.807, 2.05) is 42.5 Å². The molecule has 140 valence electrons. The molecular weight excluding hydrogens is 368 g/mol. The molecule has 0 bridgehead atoms. The Morgan fingerprint density at radius 1 is 1.00 bits per heavy atom. The molecule has 2 heterocycles. The van der Waals surface area contributed by atoms with E-state index in [0.717, 1.165) is 33.2 Å². The van der Waals surface area contributed by atoms with E-state index < -0.39 is 0 Å². The number of anilines is 3. The Bertz CT molecular complexity index is 1140. The van der Waals surface area contributed by atoms with Crippen molar-refractivity contribution >= 4 is 44.7 Å². The summed E-state index contributed by atoms with van der Waals surface area (Å²) in [6.45, 7) is 3.57. The lowest BCUT2D eigenvalue weighted by Gasteiger charge is -2.11. The number of hydrogen-bond donors (Lipinski definition) is 2. The summed E-state index contributed by atoms with van der Waals surface area (Å²) < 4.78 is 0. The predicted octanol–water partition coefficient (Wildman–Crippen LogP) is 5.29. The number of nitrogens with one attached hydrogen (secondary N) is 2. The third-order valence-electron chi connectivity index (χ3n) is 4.21. The number of aromatic nitrogens is 2. The molecule has 4 rings (SSSR count). The molecule has 5 nitrogen and oxygen atoms in total. The van der Waals surface area contributed by atoms with Crippen LogP contribution in [0.5, 0.6) is 0 Å². The number of rotatable bonds is 5. The second-order valence-corrected chi connectivity index (χ2v) is 7.85. The number of carbonyl (C=O) groups is 1. The van der Waals surface area contributed by atoms with Gasteiger partial charge in [0.2, 0.25) is 5.91 Å². The van der Waals surface area contributed by atoms with Crippen LogP contribution in [0.2, 0.25) is 0 Å². The first-order valence-corrected chi connectivity index (χ1v) is 9.84. The third kappa shape index (κ3) is 4.18. The second-order valence-electron chi connectivity index (χ2n) is 6.61. The van der Waals surface area contributed by atoms with Crippen molar-refractivity contribution in [3.8, 4) is 0 Å². The molecule has 2 N–H and O–H groups in total. The normalized spacial score (nSPS) is 10.8. The number of fused-ring (bicyclic) bond motifs is 1. The largest absolute Gasteiger partial charge is 0.340 e. The first-order chi connectivity index (χ1) is 13.6. The molecule has 0 saturated carbocycles. The molecule has 0 spiro atoms. The van der Waals surface area contributed by atoms with Gasteiger partial charge in [-0.1, -0.05) is 36.4 Å². The maximum atomic E-state index is 11.3. The quantitative estimate of drug-likeness (QED) is 0.487. The topological polar surface area (TPSA) is 66.9 Å². The molecule has 4 aromatic rings. The van der Waals surface area contributed by atoms with Gasteiger partial charge >= 0.3 is 0 Å². The van der Waals surface area contributed by atoms with Crippen LogP contribution in [-0.2, 0) is 11.2 Å². The van der Waals surface area contributed by atoms with Gasteiger partial charge in [0, 0.05) is 29.6 Å². The minimum absolute atomic E-state index is 0.0971. The molecule has 0 aliphatic heterocycles. The molecule has 2 aromatic heterocycles. The summed E-state index contributed by atoms with van der Waals surface area (Å²) in [6, 6.07) is 19.9. The van der Waals surface area contributed by atoms with E-state index in [0.29, 0.717) is 6.42 Å². The number of amides is 1. The van der Waals surface area contributed by atoms with E-state index in [2.05, 4.69) is 35.8 Å². The van der Waals surface area contributed by atoms with E-state index >= 15 is 0 Å². The Labute approximate surface area is 167 Å². The average Bonchev–Trinajstić information content (AvgIpc) is 3.03. The summed E-state index contributed by atoms with van der Waals surface area (Å²) in [5.41, 5.74) is 2.78. The minimum atomic E-state index is -0.0971. The fourth-order valence-corrected chi connectivity index (χ4v) is 3.95. The van der Waals surface area contributed by atoms with Gasteiger partial charge in [-0.15, -0.1) is 11.3 Å². The zero-order valence-electron chi connectivity index (χ0n) is 15.7. The maximum absolute atomic E-state index is 11.3. The number of nitrogens with zero attached hydrogens (tertiary/aromatic N) is 2. The molecule has 0 unspecified atom stereocenters. The Hall–Kier alpha value is -3.25. The Balaban J connectivity index is 1.70. The van der Waals surface area contributed by atoms with Crippen LogP contribution in [-0.4, -0.2) is 15.9 Å². The molecule has 0 saturated heterocycles. The van der Waals surface area contributed by atoms with E-state index in [-0.39, 0.29) is 5.91 Å². The molecule has 0 aliphatic carbocycles. The van der Waals surface area contributed by atoms with Gasteiger partial charge in [-0.2, -0.15) is 0 Å². The lowest BCUT2D eigenvalue weighted by atomic mass is 10.1. The Kier molecular flexibility index (Phi) is 5.04. The number of benzene rings is 2. The van der Waals surface area contributed by atoms with Gasteiger partial charge in [0.25, 0.3) is 0 Å². The summed E-state index contributed by atoms with van der Waals surface area (Å²) >= 11 is 1.67. The standard InChI is InChI=1S/C22H20N4OS/c1-14-11-19-21(24-18-10-6-9-17(13-18)23-15(2)27)25-20(26-22(19)28-14)12-16-7-4-3-5-8-16/h3-11,13H,12H2,1-2H3,(H,23,27)(H,24,25,26). The number of carbonyl (C=O) groups excluding carboxylic acids is 1. The predicted molar refractivity (Wildman–Crippen MR) is 115 cm³/mol. The van der Waals surface area contributed by atoms with Gasteiger partial charge in [0.1, 0.15) is 16.5 Å². The van der Waals surface area contributed by atoms with Crippen molar-refractivity contribution in [2.24, 2.45) is 0 Å². The highest BCUT2D eigenvalue weighted by atomic mass is 32.1. The monoisotopic (exact) mass is 388 g/mol. The summed E-state index contributed by atoms with van der Waals surface area (Å²) in [5.74, 6) is 1.46. The van der Waals surface area contributed by atoms with Crippen molar-refractivity contribution < 1.29 is 4.79 Å². The smallest absolute Gasteiger partial charge is 0.221 e. The van der Waals surface area contributed by atoms with Gasteiger partial charge in [-0.25, -0.2) is 9.97 Å². The summed E-state index contributed by atoms with van der Waals surface area (Å²) in [5, 5.41) is 7.21. The van der Waals surface area contributed by atoms with Crippen LogP contribution in [0.3, 0.4) is 0 Å². The second kappa shape index (κ2) is 7.78. The molecular formula is C22H20N4OS. The van der Waals surface area contributed by atoms with Crippen LogP contribution in [0.1, 0.15) is 23.2 Å². The number of aryl methyl sites for hydroxylation is 1. The highest BCUT2D eigenvalue weighted by molar-refractivity contribution is 7.18. The fraction of sp³-hybridized carbons (Fsp3) is 0.136. The van der Waals surface area contributed by atoms with Crippen LogP contribution < -0.4 is 10.6 Å². The van der Waals surface area contributed by atoms with E-state index in [9.17, 15) is 4.79 Å². The lowest BCUT2D eigenvalue weighted by Crippen LogP contribution is -2.06. The molecule has 0 fully saturated rings. The highest BCUT2D eigenvalue weighted by Gasteiger charge is 2.12. The summed E-state index contributed by atoms with van der Waals surface area (Å²) in [7, 11) is 0. The third-order valence-corrected chi connectivity index (χ3v) is 5.16. The van der Waals surface area contributed by atoms with Crippen molar-refractivity contribution in [3.63, 3.8) is 0 Å². The molecule has 1 amide bonds. The first kappa shape index (κ1) is 18.1.